The van der Waals surface area contributed by atoms with E-state index in [1.807, 2.05) is 37.3 Å². The van der Waals surface area contributed by atoms with E-state index in [1.165, 1.54) is 23.1 Å². The molecule has 0 N–H and O–H groups in total. The number of carbonyl (C=O) groups excluding carboxylic acids is 2. The van der Waals surface area contributed by atoms with E-state index in [1.54, 1.807) is 11.8 Å². The first-order valence-corrected chi connectivity index (χ1v) is 11.1. The third-order valence-corrected chi connectivity index (χ3v) is 6.59. The zero-order valence-electron chi connectivity index (χ0n) is 16.5. The number of carbonyl (C=O) groups is 2. The molecule has 154 valence electrons. The van der Waals surface area contributed by atoms with Crippen LogP contribution in [0.25, 0.3) is 0 Å². The van der Waals surface area contributed by atoms with Crippen molar-refractivity contribution in [1.82, 2.24) is 4.90 Å². The molecule has 0 aliphatic carbocycles. The van der Waals surface area contributed by atoms with Crippen LogP contribution in [0.5, 0.6) is 5.75 Å². The molecule has 8 heteroatoms. The lowest BCUT2D eigenvalue weighted by atomic mass is 10.2. The van der Waals surface area contributed by atoms with Gasteiger partial charge in [-0.3, -0.25) is 14.5 Å². The van der Waals surface area contributed by atoms with Gasteiger partial charge in [-0.1, -0.05) is 37.3 Å². The molecule has 0 atom stereocenters. The summed E-state index contributed by atoms with van der Waals surface area (Å²) in [4.78, 5) is 28.5. The molecule has 1 heterocycles. The SMILES string of the molecule is CCN(Cc1ccccc1)C(=O)CN1C(=O)COc2ccc(S(=O)(=O)CC)cc21. The molecule has 3 rings (SSSR count). The summed E-state index contributed by atoms with van der Waals surface area (Å²) in [6.45, 7) is 3.99. The summed E-state index contributed by atoms with van der Waals surface area (Å²) in [5.74, 6) is -0.271. The van der Waals surface area contributed by atoms with Gasteiger partial charge in [0.15, 0.2) is 16.4 Å². The van der Waals surface area contributed by atoms with Crippen LogP contribution in [0, 0.1) is 0 Å². The maximum Gasteiger partial charge on any atom is 0.265 e. The van der Waals surface area contributed by atoms with Crippen molar-refractivity contribution in [3.63, 3.8) is 0 Å². The van der Waals surface area contributed by atoms with E-state index in [2.05, 4.69) is 0 Å². The van der Waals surface area contributed by atoms with Crippen LogP contribution >= 0.6 is 0 Å². The Morgan fingerprint density at radius 1 is 1.14 bits per heavy atom. The molecule has 29 heavy (non-hydrogen) atoms. The van der Waals surface area contributed by atoms with Crippen molar-refractivity contribution in [2.45, 2.75) is 25.3 Å². The van der Waals surface area contributed by atoms with Gasteiger partial charge in [-0.05, 0) is 30.7 Å². The maximum atomic E-state index is 12.9. The summed E-state index contributed by atoms with van der Waals surface area (Å²) in [6.07, 6.45) is 0. The van der Waals surface area contributed by atoms with Crippen LogP contribution in [-0.4, -0.2) is 50.6 Å². The molecule has 0 bridgehead atoms. The Bertz CT molecular complexity index is 1000. The molecule has 0 saturated carbocycles. The number of fused-ring (bicyclic) bond motifs is 1. The van der Waals surface area contributed by atoms with Gasteiger partial charge in [-0.25, -0.2) is 8.42 Å². The van der Waals surface area contributed by atoms with Crippen molar-refractivity contribution in [3.05, 3.63) is 54.1 Å². The number of ether oxygens (including phenoxy) is 1. The van der Waals surface area contributed by atoms with E-state index in [9.17, 15) is 18.0 Å². The Morgan fingerprint density at radius 2 is 1.86 bits per heavy atom. The van der Waals surface area contributed by atoms with Crippen LogP contribution in [0.2, 0.25) is 0 Å². The van der Waals surface area contributed by atoms with E-state index in [4.69, 9.17) is 4.74 Å². The monoisotopic (exact) mass is 416 g/mol. The third kappa shape index (κ3) is 4.59. The molecule has 2 aromatic rings. The molecular formula is C21H24N2O5S. The molecule has 0 aromatic heterocycles. The predicted octanol–water partition coefficient (Wildman–Crippen LogP) is 2.25. The molecule has 2 aromatic carbocycles. The van der Waals surface area contributed by atoms with Gasteiger partial charge < -0.3 is 9.64 Å². The topological polar surface area (TPSA) is 84.0 Å². The maximum absolute atomic E-state index is 12.9. The van der Waals surface area contributed by atoms with Crippen LogP contribution in [-0.2, 0) is 26.0 Å². The summed E-state index contributed by atoms with van der Waals surface area (Å²) in [5, 5.41) is 0. The number of nitrogens with zero attached hydrogens (tertiary/aromatic N) is 2. The van der Waals surface area contributed by atoms with Crippen LogP contribution in [0.4, 0.5) is 5.69 Å². The van der Waals surface area contributed by atoms with Crippen LogP contribution in [0.1, 0.15) is 19.4 Å². The quantitative estimate of drug-likeness (QED) is 0.691. The number of sulfone groups is 1. The highest BCUT2D eigenvalue weighted by Gasteiger charge is 2.30. The number of anilines is 1. The lowest BCUT2D eigenvalue weighted by molar-refractivity contribution is -0.132. The van der Waals surface area contributed by atoms with Crippen molar-refractivity contribution < 1.29 is 22.7 Å². The average molecular weight is 416 g/mol. The largest absolute Gasteiger partial charge is 0.482 e. The standard InChI is InChI=1S/C21H24N2O5S/c1-3-22(13-16-8-6-5-7-9-16)20(24)14-23-18-12-17(29(26,27)4-2)10-11-19(18)28-15-21(23)25/h5-12H,3-4,13-15H2,1-2H3. The van der Waals surface area contributed by atoms with Gasteiger partial charge in [-0.15, -0.1) is 0 Å². The van der Waals surface area contributed by atoms with Crippen molar-refractivity contribution in [2.24, 2.45) is 0 Å². The summed E-state index contributed by atoms with van der Waals surface area (Å²) < 4.78 is 29.9. The van der Waals surface area contributed by atoms with Crippen molar-refractivity contribution >= 4 is 27.3 Å². The second kappa shape index (κ2) is 8.65. The molecule has 1 aliphatic rings. The van der Waals surface area contributed by atoms with Crippen molar-refractivity contribution in [1.29, 1.82) is 0 Å². The van der Waals surface area contributed by atoms with E-state index >= 15 is 0 Å². The Kier molecular flexibility index (Phi) is 6.22. The zero-order chi connectivity index (χ0) is 21.0. The number of likely N-dealkylation sites (N-methyl/N-ethyl adjacent to an activating group) is 1. The molecule has 7 nitrogen and oxygen atoms in total. The number of hydrogen-bond acceptors (Lipinski definition) is 5. The average Bonchev–Trinajstić information content (AvgIpc) is 2.74. The highest BCUT2D eigenvalue weighted by molar-refractivity contribution is 7.91. The number of benzene rings is 2. The fraction of sp³-hybridized carbons (Fsp3) is 0.333. The summed E-state index contributed by atoms with van der Waals surface area (Å²) in [5.41, 5.74) is 1.30. The molecule has 0 unspecified atom stereocenters. The van der Waals surface area contributed by atoms with Gasteiger partial charge >= 0.3 is 0 Å². The highest BCUT2D eigenvalue weighted by atomic mass is 32.2. The Morgan fingerprint density at radius 3 is 2.52 bits per heavy atom. The second-order valence-electron chi connectivity index (χ2n) is 6.70. The lowest BCUT2D eigenvalue weighted by Crippen LogP contribution is -2.46. The minimum Gasteiger partial charge on any atom is -0.482 e. The van der Waals surface area contributed by atoms with Gasteiger partial charge in [0.25, 0.3) is 5.91 Å². The van der Waals surface area contributed by atoms with E-state index in [0.717, 1.165) is 5.56 Å². The van der Waals surface area contributed by atoms with Gasteiger partial charge in [0.1, 0.15) is 12.3 Å². The fourth-order valence-electron chi connectivity index (χ4n) is 3.13. The van der Waals surface area contributed by atoms with Gasteiger partial charge in [0.2, 0.25) is 5.91 Å². The predicted molar refractivity (Wildman–Crippen MR) is 110 cm³/mol. The normalized spacial score (nSPS) is 13.6. The third-order valence-electron chi connectivity index (χ3n) is 4.86. The van der Waals surface area contributed by atoms with Crippen LogP contribution < -0.4 is 9.64 Å². The molecular weight excluding hydrogens is 392 g/mol. The molecule has 0 spiro atoms. The van der Waals surface area contributed by atoms with Gasteiger partial charge in [0.05, 0.1) is 16.3 Å². The van der Waals surface area contributed by atoms with Crippen LogP contribution in [0.3, 0.4) is 0 Å². The van der Waals surface area contributed by atoms with Crippen LogP contribution in [0.15, 0.2) is 53.4 Å². The van der Waals surface area contributed by atoms with Gasteiger partial charge in [0, 0.05) is 13.1 Å². The molecule has 0 saturated heterocycles. The second-order valence-corrected chi connectivity index (χ2v) is 8.97. The smallest absolute Gasteiger partial charge is 0.265 e. The minimum atomic E-state index is -3.45. The fourth-order valence-corrected chi connectivity index (χ4v) is 4.03. The Hall–Kier alpha value is -2.87. The summed E-state index contributed by atoms with van der Waals surface area (Å²) in [6, 6.07) is 14.0. The van der Waals surface area contributed by atoms with Gasteiger partial charge in [-0.2, -0.15) is 0 Å². The molecule has 1 aliphatic heterocycles. The molecule has 0 fully saturated rings. The zero-order valence-corrected chi connectivity index (χ0v) is 17.3. The molecule has 0 radical (unpaired) electrons. The van der Waals surface area contributed by atoms with E-state index < -0.39 is 9.84 Å². The lowest BCUT2D eigenvalue weighted by Gasteiger charge is -2.31. The number of amides is 2. The number of hydrogen-bond donors (Lipinski definition) is 0. The highest BCUT2D eigenvalue weighted by Crippen LogP contribution is 2.34. The van der Waals surface area contributed by atoms with Crippen molar-refractivity contribution in [3.8, 4) is 5.75 Å². The first-order valence-electron chi connectivity index (χ1n) is 9.47. The minimum absolute atomic E-state index is 0.0553. The van der Waals surface area contributed by atoms with E-state index in [0.29, 0.717) is 24.5 Å². The summed E-state index contributed by atoms with van der Waals surface area (Å²) >= 11 is 0. The first kappa shape index (κ1) is 20.9. The summed E-state index contributed by atoms with van der Waals surface area (Å²) in [7, 11) is -3.45. The molecule has 2 amide bonds. The van der Waals surface area contributed by atoms with Crippen molar-refractivity contribution in [2.75, 3.05) is 30.3 Å². The first-order chi connectivity index (χ1) is 13.9. The Balaban J connectivity index is 1.86. The Labute approximate surface area is 170 Å². The van der Waals surface area contributed by atoms with E-state index in [-0.39, 0.29) is 35.6 Å². The number of rotatable bonds is 7.